The van der Waals surface area contributed by atoms with Gasteiger partial charge < -0.3 is 19.5 Å². The number of anilines is 1. The van der Waals surface area contributed by atoms with Crippen LogP contribution in [0.25, 0.3) is 0 Å². The molecule has 7 heteroatoms. The molecule has 1 aromatic heterocycles. The number of rotatable bonds is 9. The Morgan fingerprint density at radius 1 is 1.10 bits per heavy atom. The summed E-state index contributed by atoms with van der Waals surface area (Å²) in [7, 11) is 3.19. The van der Waals surface area contributed by atoms with Crippen LogP contribution in [0.4, 0.5) is 5.95 Å². The minimum atomic E-state index is -0.236. The molecular formula is C13H24N4O3. The van der Waals surface area contributed by atoms with Crippen LogP contribution in [0.5, 0.6) is 12.0 Å². The maximum absolute atomic E-state index is 5.54. The molecule has 1 rings (SSSR count). The number of nitrogens with zero attached hydrogens (tertiary/aromatic N) is 3. The van der Waals surface area contributed by atoms with E-state index in [0.717, 1.165) is 19.4 Å². The highest BCUT2D eigenvalue weighted by atomic mass is 16.5. The normalized spacial score (nSPS) is 11.2. The summed E-state index contributed by atoms with van der Waals surface area (Å²) in [6.07, 6.45) is 1.71. The molecule has 0 aromatic carbocycles. The summed E-state index contributed by atoms with van der Waals surface area (Å²) in [5.74, 6) is 0.458. The van der Waals surface area contributed by atoms with Gasteiger partial charge in [-0.15, -0.1) is 4.98 Å². The van der Waals surface area contributed by atoms with E-state index in [2.05, 4.69) is 27.2 Å². The molecule has 0 fully saturated rings. The Morgan fingerprint density at radius 2 is 1.80 bits per heavy atom. The Balaban J connectivity index is 2.64. The van der Waals surface area contributed by atoms with Crippen LogP contribution >= 0.6 is 0 Å². The molecule has 0 amide bonds. The van der Waals surface area contributed by atoms with Crippen LogP contribution in [0, 0.1) is 0 Å². The van der Waals surface area contributed by atoms with Crippen LogP contribution < -0.4 is 14.8 Å². The zero-order valence-corrected chi connectivity index (χ0v) is 12.9. The fraction of sp³-hybridized carbons (Fsp3) is 0.769. The third kappa shape index (κ3) is 5.56. The summed E-state index contributed by atoms with van der Waals surface area (Å²) in [5.41, 5.74) is -0.236. The molecule has 1 heterocycles. The van der Waals surface area contributed by atoms with E-state index in [-0.39, 0.29) is 17.6 Å². The van der Waals surface area contributed by atoms with Gasteiger partial charge in [0.2, 0.25) is 5.95 Å². The van der Waals surface area contributed by atoms with Crippen molar-refractivity contribution in [3.63, 3.8) is 0 Å². The van der Waals surface area contributed by atoms with Gasteiger partial charge in [-0.2, -0.15) is 9.97 Å². The second kappa shape index (κ2) is 7.84. The molecule has 7 nitrogen and oxygen atoms in total. The van der Waals surface area contributed by atoms with Crippen LogP contribution in [0.2, 0.25) is 0 Å². The van der Waals surface area contributed by atoms with Crippen molar-refractivity contribution in [2.75, 3.05) is 32.7 Å². The summed E-state index contributed by atoms with van der Waals surface area (Å²) in [4.78, 5) is 12.3. The lowest BCUT2D eigenvalue weighted by molar-refractivity contribution is 0.00462. The first-order valence-corrected chi connectivity index (χ1v) is 6.72. The van der Waals surface area contributed by atoms with Gasteiger partial charge in [0, 0.05) is 20.1 Å². The Morgan fingerprint density at radius 3 is 2.40 bits per heavy atom. The molecule has 0 saturated heterocycles. The topological polar surface area (TPSA) is 78.4 Å². The van der Waals surface area contributed by atoms with E-state index in [4.69, 9.17) is 14.2 Å². The number of hydrogen-bond donors (Lipinski definition) is 1. The van der Waals surface area contributed by atoms with E-state index in [9.17, 15) is 0 Å². The number of ether oxygens (including phenoxy) is 3. The molecule has 1 N–H and O–H groups in total. The van der Waals surface area contributed by atoms with Gasteiger partial charge >= 0.3 is 12.0 Å². The minimum absolute atomic E-state index is 0.236. The van der Waals surface area contributed by atoms with E-state index in [1.54, 1.807) is 7.11 Å². The second-order valence-corrected chi connectivity index (χ2v) is 4.92. The number of nitrogens with one attached hydrogen (secondary N) is 1. The smallest absolute Gasteiger partial charge is 0.324 e. The zero-order chi connectivity index (χ0) is 15.0. The molecule has 114 valence electrons. The van der Waals surface area contributed by atoms with Crippen LogP contribution in [0.1, 0.15) is 33.6 Å². The fourth-order valence-corrected chi connectivity index (χ4v) is 1.30. The molecule has 0 atom stereocenters. The van der Waals surface area contributed by atoms with Gasteiger partial charge in [0.25, 0.3) is 0 Å². The van der Waals surface area contributed by atoms with E-state index in [0.29, 0.717) is 12.6 Å². The average molecular weight is 284 g/mol. The average Bonchev–Trinajstić information content (AvgIpc) is 2.44. The van der Waals surface area contributed by atoms with Crippen LogP contribution in [0.15, 0.2) is 0 Å². The lowest BCUT2D eigenvalue weighted by Gasteiger charge is -2.22. The molecular weight excluding hydrogens is 260 g/mol. The third-order valence-corrected chi connectivity index (χ3v) is 2.80. The summed E-state index contributed by atoms with van der Waals surface area (Å²) >= 11 is 0. The van der Waals surface area contributed by atoms with Crippen molar-refractivity contribution in [2.45, 2.75) is 39.2 Å². The van der Waals surface area contributed by atoms with Crippen LogP contribution in [-0.2, 0) is 4.74 Å². The molecule has 0 spiro atoms. The lowest BCUT2D eigenvalue weighted by Crippen LogP contribution is -2.25. The van der Waals surface area contributed by atoms with Crippen LogP contribution in [-0.4, -0.2) is 47.9 Å². The molecule has 0 aliphatic heterocycles. The monoisotopic (exact) mass is 284 g/mol. The van der Waals surface area contributed by atoms with Gasteiger partial charge in [-0.25, -0.2) is 0 Å². The molecule has 0 bridgehead atoms. The van der Waals surface area contributed by atoms with Crippen LogP contribution in [0.3, 0.4) is 0 Å². The highest BCUT2D eigenvalue weighted by Gasteiger charge is 2.17. The number of hydrogen-bond acceptors (Lipinski definition) is 7. The quantitative estimate of drug-likeness (QED) is 0.742. The van der Waals surface area contributed by atoms with Gasteiger partial charge in [-0.1, -0.05) is 6.92 Å². The summed E-state index contributed by atoms with van der Waals surface area (Å²) < 4.78 is 15.9. The largest absolute Gasteiger partial charge is 0.467 e. The maximum atomic E-state index is 5.54. The van der Waals surface area contributed by atoms with Gasteiger partial charge in [-0.05, 0) is 20.3 Å². The SMILES string of the molecule is CCCNc1nc(OC)nc(OCCC(C)(C)OC)n1. The third-order valence-electron chi connectivity index (χ3n) is 2.80. The van der Waals surface area contributed by atoms with Crippen molar-refractivity contribution in [2.24, 2.45) is 0 Å². The Kier molecular flexibility index (Phi) is 6.44. The number of aromatic nitrogens is 3. The molecule has 0 unspecified atom stereocenters. The van der Waals surface area contributed by atoms with Crippen molar-refractivity contribution < 1.29 is 14.2 Å². The van der Waals surface area contributed by atoms with Crippen molar-refractivity contribution in [3.05, 3.63) is 0 Å². The maximum Gasteiger partial charge on any atom is 0.324 e. The first-order valence-electron chi connectivity index (χ1n) is 6.72. The fourth-order valence-electron chi connectivity index (χ4n) is 1.30. The molecule has 0 radical (unpaired) electrons. The summed E-state index contributed by atoms with van der Waals surface area (Å²) in [6, 6.07) is 0.488. The van der Waals surface area contributed by atoms with E-state index < -0.39 is 0 Å². The Hall–Kier alpha value is -1.63. The second-order valence-electron chi connectivity index (χ2n) is 4.92. The van der Waals surface area contributed by atoms with Crippen molar-refractivity contribution in [1.29, 1.82) is 0 Å². The minimum Gasteiger partial charge on any atom is -0.467 e. The van der Waals surface area contributed by atoms with Crippen molar-refractivity contribution in [3.8, 4) is 12.0 Å². The Bertz CT molecular complexity index is 413. The van der Waals surface area contributed by atoms with E-state index in [1.807, 2.05) is 13.8 Å². The predicted molar refractivity (Wildman–Crippen MR) is 76.4 cm³/mol. The summed E-state index contributed by atoms with van der Waals surface area (Å²) in [6.45, 7) is 7.30. The Labute approximate surface area is 120 Å². The molecule has 0 aliphatic rings. The standard InChI is InChI=1S/C13H24N4O3/c1-6-8-14-10-15-11(18-4)17-12(16-10)20-9-7-13(2,3)19-5/h6-9H2,1-5H3,(H,14,15,16,17). The van der Waals surface area contributed by atoms with Crippen molar-refractivity contribution >= 4 is 5.95 Å². The highest BCUT2D eigenvalue weighted by molar-refractivity contribution is 5.27. The van der Waals surface area contributed by atoms with Gasteiger partial charge in [0.05, 0.1) is 19.3 Å². The first kappa shape index (κ1) is 16.4. The van der Waals surface area contributed by atoms with Gasteiger partial charge in [0.1, 0.15) is 0 Å². The molecule has 20 heavy (non-hydrogen) atoms. The van der Waals surface area contributed by atoms with E-state index in [1.165, 1.54) is 7.11 Å². The molecule has 0 saturated carbocycles. The van der Waals surface area contributed by atoms with Gasteiger partial charge in [-0.3, -0.25) is 0 Å². The van der Waals surface area contributed by atoms with Gasteiger partial charge in [0.15, 0.2) is 0 Å². The highest BCUT2D eigenvalue weighted by Crippen LogP contribution is 2.16. The first-order chi connectivity index (χ1) is 9.50. The zero-order valence-electron chi connectivity index (χ0n) is 12.9. The van der Waals surface area contributed by atoms with Crippen molar-refractivity contribution in [1.82, 2.24) is 15.0 Å². The summed E-state index contributed by atoms with van der Waals surface area (Å²) in [5, 5.41) is 3.08. The number of methoxy groups -OCH3 is 2. The molecule has 0 aliphatic carbocycles. The predicted octanol–water partition coefficient (Wildman–Crippen LogP) is 1.90. The van der Waals surface area contributed by atoms with E-state index >= 15 is 0 Å². The molecule has 1 aromatic rings. The lowest BCUT2D eigenvalue weighted by atomic mass is 10.1.